The molecular formula is C29H32N2O9. The predicted molar refractivity (Wildman–Crippen MR) is 144 cm³/mol. The van der Waals surface area contributed by atoms with Gasteiger partial charge >= 0.3 is 0 Å². The van der Waals surface area contributed by atoms with Crippen molar-refractivity contribution in [2.75, 3.05) is 34.6 Å². The number of carbonyl (C=O) groups is 1. The predicted octanol–water partition coefficient (Wildman–Crippen LogP) is 2.93. The van der Waals surface area contributed by atoms with E-state index in [0.717, 1.165) is 29.7 Å². The zero-order valence-electron chi connectivity index (χ0n) is 22.8. The van der Waals surface area contributed by atoms with E-state index in [1.165, 1.54) is 19.2 Å². The monoisotopic (exact) mass is 552 g/mol. The van der Waals surface area contributed by atoms with Crippen LogP contribution in [0.3, 0.4) is 0 Å². The summed E-state index contributed by atoms with van der Waals surface area (Å²) in [6.45, 7) is 3.34. The molecule has 40 heavy (non-hydrogen) atoms. The minimum Gasteiger partial charge on any atom is -0.504 e. The van der Waals surface area contributed by atoms with Crippen LogP contribution in [0, 0.1) is 6.92 Å². The Labute approximate surface area is 230 Å². The Balaban J connectivity index is 1.47. The summed E-state index contributed by atoms with van der Waals surface area (Å²) in [6.07, 6.45) is 0.594. The van der Waals surface area contributed by atoms with Gasteiger partial charge in [-0.2, -0.15) is 0 Å². The van der Waals surface area contributed by atoms with Gasteiger partial charge in [-0.05, 0) is 43.7 Å². The quantitative estimate of drug-likeness (QED) is 0.382. The number of phenols is 1. The number of aryl methyl sites for hydroxylation is 1. The lowest BCUT2D eigenvalue weighted by atomic mass is 9.90. The maximum absolute atomic E-state index is 13.4. The van der Waals surface area contributed by atoms with Gasteiger partial charge in [0, 0.05) is 43.2 Å². The number of phenolic OH excluding ortho intramolecular Hbond substituents is 1. The molecule has 0 saturated heterocycles. The second-order valence-corrected chi connectivity index (χ2v) is 9.92. The van der Waals surface area contributed by atoms with E-state index in [1.807, 2.05) is 7.05 Å². The van der Waals surface area contributed by atoms with Gasteiger partial charge in [0.1, 0.15) is 5.76 Å². The molecule has 1 amide bonds. The van der Waals surface area contributed by atoms with E-state index >= 15 is 0 Å². The van der Waals surface area contributed by atoms with Crippen molar-refractivity contribution >= 4 is 5.91 Å². The summed E-state index contributed by atoms with van der Waals surface area (Å²) in [5, 5.41) is 23.7. The Morgan fingerprint density at radius 2 is 1.90 bits per heavy atom. The summed E-state index contributed by atoms with van der Waals surface area (Å²) in [4.78, 5) is 28.0. The molecule has 0 radical (unpaired) electrons. The Morgan fingerprint density at radius 1 is 1.12 bits per heavy atom. The number of nitrogens with zero attached hydrogens (tertiary/aromatic N) is 1. The first-order valence-corrected chi connectivity index (χ1v) is 12.9. The molecule has 1 atom stereocenters. The number of aromatic hydroxyl groups is 2. The lowest BCUT2D eigenvalue weighted by Gasteiger charge is -2.29. The number of nitrogens with one attached hydrogen (secondary N) is 1. The summed E-state index contributed by atoms with van der Waals surface area (Å²) >= 11 is 0. The lowest BCUT2D eigenvalue weighted by molar-refractivity contribution is -0.121. The van der Waals surface area contributed by atoms with Crippen molar-refractivity contribution in [3.8, 4) is 34.5 Å². The first-order valence-electron chi connectivity index (χ1n) is 12.9. The van der Waals surface area contributed by atoms with Crippen LogP contribution in [0.2, 0.25) is 0 Å². The van der Waals surface area contributed by atoms with Gasteiger partial charge in [0.05, 0.1) is 20.1 Å². The van der Waals surface area contributed by atoms with E-state index in [2.05, 4.69) is 10.2 Å². The molecule has 11 heteroatoms. The van der Waals surface area contributed by atoms with Crippen molar-refractivity contribution in [1.29, 1.82) is 0 Å². The van der Waals surface area contributed by atoms with Crippen molar-refractivity contribution in [3.63, 3.8) is 0 Å². The molecule has 3 N–H and O–H groups in total. The molecule has 2 aliphatic heterocycles. The number of rotatable bonds is 8. The topological polar surface area (TPSA) is 140 Å². The molecule has 0 spiro atoms. The van der Waals surface area contributed by atoms with Gasteiger partial charge in [0.2, 0.25) is 29.6 Å². The lowest BCUT2D eigenvalue weighted by Crippen LogP contribution is -2.30. The third-order valence-corrected chi connectivity index (χ3v) is 7.32. The molecule has 0 saturated carbocycles. The molecule has 1 aromatic heterocycles. The molecule has 212 valence electrons. The van der Waals surface area contributed by atoms with E-state index in [9.17, 15) is 19.8 Å². The van der Waals surface area contributed by atoms with Gasteiger partial charge < -0.3 is 43.8 Å². The number of ether oxygens (including phenoxy) is 4. The molecule has 0 unspecified atom stereocenters. The molecule has 11 nitrogen and oxygen atoms in total. The van der Waals surface area contributed by atoms with E-state index in [1.54, 1.807) is 26.2 Å². The van der Waals surface area contributed by atoms with E-state index in [0.29, 0.717) is 29.4 Å². The van der Waals surface area contributed by atoms with E-state index < -0.39 is 17.1 Å². The molecule has 2 aromatic carbocycles. The molecule has 5 rings (SSSR count). The molecule has 0 aliphatic carbocycles. The Bertz CT molecular complexity index is 1510. The fourth-order valence-electron chi connectivity index (χ4n) is 5.37. The average Bonchev–Trinajstić information content (AvgIpc) is 3.41. The van der Waals surface area contributed by atoms with Crippen molar-refractivity contribution in [2.45, 2.75) is 38.8 Å². The highest BCUT2D eigenvalue weighted by molar-refractivity contribution is 5.78. The van der Waals surface area contributed by atoms with Gasteiger partial charge in [-0.25, -0.2) is 0 Å². The Kier molecular flexibility index (Phi) is 7.49. The SMILES string of the molecule is COc1cc([C@H](CC(=O)NCc2c3c(c(OC)c4c2OCO4)CN(C)CC3)c2oc(C)cc(=O)c2O)ccc1O. The van der Waals surface area contributed by atoms with Crippen LogP contribution in [0.15, 0.2) is 33.5 Å². The van der Waals surface area contributed by atoms with E-state index in [-0.39, 0.29) is 48.7 Å². The van der Waals surface area contributed by atoms with Gasteiger partial charge in [-0.3, -0.25) is 9.59 Å². The van der Waals surface area contributed by atoms with Crippen LogP contribution >= 0.6 is 0 Å². The Hall–Kier alpha value is -4.38. The number of likely N-dealkylation sites (N-methyl/N-ethyl adjacent to an activating group) is 1. The minimum atomic E-state index is -0.842. The molecule has 0 bridgehead atoms. The number of carbonyl (C=O) groups excluding carboxylic acids is 1. The average molecular weight is 553 g/mol. The summed E-state index contributed by atoms with van der Waals surface area (Å²) in [7, 11) is 5.04. The van der Waals surface area contributed by atoms with Crippen molar-refractivity contribution in [1.82, 2.24) is 10.2 Å². The summed E-state index contributed by atoms with van der Waals surface area (Å²) in [5.41, 5.74) is 2.79. The van der Waals surface area contributed by atoms with Crippen LogP contribution in [0.4, 0.5) is 0 Å². The van der Waals surface area contributed by atoms with Gasteiger partial charge in [-0.15, -0.1) is 0 Å². The van der Waals surface area contributed by atoms with Crippen molar-refractivity contribution < 1.29 is 38.4 Å². The normalized spacial score (nSPS) is 14.9. The number of methoxy groups -OCH3 is 2. The van der Waals surface area contributed by atoms with Crippen LogP contribution in [0.25, 0.3) is 0 Å². The summed E-state index contributed by atoms with van der Waals surface area (Å²) < 4.78 is 28.2. The van der Waals surface area contributed by atoms with Crippen LogP contribution < -0.4 is 29.7 Å². The summed E-state index contributed by atoms with van der Waals surface area (Å²) in [5.74, 6) is 0.297. The molecular weight excluding hydrogens is 520 g/mol. The zero-order valence-corrected chi connectivity index (χ0v) is 22.8. The summed E-state index contributed by atoms with van der Waals surface area (Å²) in [6, 6.07) is 5.74. The first kappa shape index (κ1) is 27.2. The van der Waals surface area contributed by atoms with E-state index in [4.69, 9.17) is 23.4 Å². The second-order valence-electron chi connectivity index (χ2n) is 9.92. The highest BCUT2D eigenvalue weighted by Crippen LogP contribution is 2.49. The molecule has 2 aliphatic rings. The van der Waals surface area contributed by atoms with Crippen LogP contribution in [0.5, 0.6) is 34.5 Å². The number of hydrogen-bond donors (Lipinski definition) is 3. The smallest absolute Gasteiger partial charge is 0.231 e. The fraction of sp³-hybridized carbons (Fsp3) is 0.379. The first-order chi connectivity index (χ1) is 19.2. The number of amides is 1. The highest BCUT2D eigenvalue weighted by Gasteiger charge is 2.33. The third kappa shape index (κ3) is 5.00. The van der Waals surface area contributed by atoms with Crippen molar-refractivity contribution in [2.24, 2.45) is 0 Å². The molecule has 3 heterocycles. The minimum absolute atomic E-state index is 0.0459. The fourth-order valence-corrected chi connectivity index (χ4v) is 5.37. The Morgan fingerprint density at radius 3 is 2.65 bits per heavy atom. The molecule has 0 fully saturated rings. The number of fused-ring (bicyclic) bond motifs is 2. The highest BCUT2D eigenvalue weighted by atomic mass is 16.7. The molecule has 3 aromatic rings. The number of hydrogen-bond acceptors (Lipinski definition) is 10. The maximum Gasteiger partial charge on any atom is 0.231 e. The largest absolute Gasteiger partial charge is 0.504 e. The van der Waals surface area contributed by atoms with Gasteiger partial charge in [0.25, 0.3) is 0 Å². The maximum atomic E-state index is 13.4. The zero-order chi connectivity index (χ0) is 28.6. The standard InChI is InChI=1S/C29H32N2O9/c1-15-9-22(33)25(35)26(40-15)18(16-5-6-21(32)23(10-16)36-3)11-24(34)30-12-19-17-7-8-31(2)13-20(17)27(37-4)29-28(19)38-14-39-29/h5-6,9-10,18,32,35H,7-8,11-14H2,1-4H3,(H,30,34)/t18-/m0/s1. The van der Waals surface area contributed by atoms with Gasteiger partial charge in [0.15, 0.2) is 28.8 Å². The third-order valence-electron chi connectivity index (χ3n) is 7.32. The van der Waals surface area contributed by atoms with Gasteiger partial charge in [-0.1, -0.05) is 6.07 Å². The van der Waals surface area contributed by atoms with Crippen LogP contribution in [-0.4, -0.2) is 55.6 Å². The second kappa shape index (κ2) is 11.0. The van der Waals surface area contributed by atoms with Crippen LogP contribution in [-0.2, 0) is 24.3 Å². The van der Waals surface area contributed by atoms with Crippen LogP contribution in [0.1, 0.15) is 46.1 Å². The van der Waals surface area contributed by atoms with Crippen molar-refractivity contribution in [3.05, 3.63) is 68.3 Å². The number of benzene rings is 2.